The predicted molar refractivity (Wildman–Crippen MR) is 147 cm³/mol. The Hall–Kier alpha value is -4.34. The Morgan fingerprint density at radius 2 is 0.829 bits per heavy atom. The summed E-state index contributed by atoms with van der Waals surface area (Å²) >= 11 is 0. The summed E-state index contributed by atoms with van der Waals surface area (Å²) in [4.78, 5) is 0. The Bertz CT molecular complexity index is 1440. The van der Waals surface area contributed by atoms with Crippen LogP contribution in [-0.4, -0.2) is 12.4 Å². The molecular weight excluding hydrogens is 546 g/mol. The lowest BCUT2D eigenvalue weighted by atomic mass is 9.70. The fraction of sp³-hybridized carbons (Fsp3) is 0.226. The molecule has 41 heavy (non-hydrogen) atoms. The lowest BCUT2D eigenvalue weighted by molar-refractivity contribution is -0.289. The molecule has 0 amide bonds. The number of aryl methyl sites for hydroxylation is 4. The molecule has 0 unspecified atom stereocenters. The van der Waals surface area contributed by atoms with E-state index in [1.54, 1.807) is 0 Å². The first-order valence-electron chi connectivity index (χ1n) is 12.5. The summed E-state index contributed by atoms with van der Waals surface area (Å²) < 4.78 is 104. The Labute approximate surface area is 233 Å². The van der Waals surface area contributed by atoms with Gasteiger partial charge in [-0.1, -0.05) is 35.4 Å². The van der Waals surface area contributed by atoms with Crippen molar-refractivity contribution >= 4 is 11.4 Å². The number of alkyl halides is 6. The number of benzene rings is 4. The van der Waals surface area contributed by atoms with Crippen LogP contribution in [0, 0.1) is 27.7 Å². The number of ether oxygens (including phenoxy) is 2. The van der Waals surface area contributed by atoms with E-state index in [9.17, 15) is 0 Å². The van der Waals surface area contributed by atoms with Crippen LogP contribution in [0.1, 0.15) is 33.4 Å². The lowest BCUT2D eigenvalue weighted by Crippen LogP contribution is -2.55. The summed E-state index contributed by atoms with van der Waals surface area (Å²) in [5.74, 6) is -1.12. The molecule has 0 heterocycles. The molecule has 0 fully saturated rings. The normalized spacial score (nSPS) is 12.3. The quantitative estimate of drug-likeness (QED) is 0.178. The summed E-state index contributed by atoms with van der Waals surface area (Å²) in [5.41, 5.74) is 5.87. The second kappa shape index (κ2) is 10.6. The molecule has 0 aliphatic carbocycles. The molecule has 0 saturated carbocycles. The van der Waals surface area contributed by atoms with E-state index >= 15 is 26.3 Å². The number of hydrogen-bond donors (Lipinski definition) is 2. The van der Waals surface area contributed by atoms with Crippen LogP contribution in [0.25, 0.3) is 0 Å². The Balaban J connectivity index is 2.13. The van der Waals surface area contributed by atoms with Crippen molar-refractivity contribution in [2.24, 2.45) is 0 Å². The van der Waals surface area contributed by atoms with Gasteiger partial charge in [0.1, 0.15) is 23.0 Å². The third-order valence-corrected chi connectivity index (χ3v) is 6.70. The highest BCUT2D eigenvalue weighted by atomic mass is 19.4. The molecule has 10 heteroatoms. The molecule has 4 N–H and O–H groups in total. The van der Waals surface area contributed by atoms with Crippen molar-refractivity contribution in [3.63, 3.8) is 0 Å². The highest BCUT2D eigenvalue weighted by Crippen LogP contribution is 2.61. The van der Waals surface area contributed by atoms with E-state index < -0.39 is 40.4 Å². The molecule has 4 nitrogen and oxygen atoms in total. The summed E-state index contributed by atoms with van der Waals surface area (Å²) in [6.45, 7) is 5.64. The molecule has 0 aliphatic heterocycles. The SMILES string of the molecule is Cc1cc(C)c(Oc2ccc(N)cc2)c(C(c2cc(C)cc(C)c2Oc2ccc(N)cc2)(C(F)(F)F)C(F)(F)F)c1. The Morgan fingerprint density at radius 1 is 0.512 bits per heavy atom. The van der Waals surface area contributed by atoms with Crippen molar-refractivity contribution in [3.05, 3.63) is 106 Å². The van der Waals surface area contributed by atoms with E-state index in [2.05, 4.69) is 0 Å². The van der Waals surface area contributed by atoms with Crippen LogP contribution in [0.15, 0.2) is 72.8 Å². The van der Waals surface area contributed by atoms with Crippen LogP contribution in [0.2, 0.25) is 0 Å². The molecule has 0 radical (unpaired) electrons. The fourth-order valence-electron chi connectivity index (χ4n) is 4.96. The van der Waals surface area contributed by atoms with Crippen molar-refractivity contribution in [3.8, 4) is 23.0 Å². The monoisotopic (exact) mass is 574 g/mol. The van der Waals surface area contributed by atoms with Crippen molar-refractivity contribution < 1.29 is 35.8 Å². The number of anilines is 2. The zero-order valence-corrected chi connectivity index (χ0v) is 22.7. The summed E-state index contributed by atoms with van der Waals surface area (Å²) in [6, 6.07) is 15.9. The number of nitrogens with two attached hydrogens (primary N) is 2. The third kappa shape index (κ3) is 5.51. The van der Waals surface area contributed by atoms with Gasteiger partial charge in [-0.25, -0.2) is 0 Å². The van der Waals surface area contributed by atoms with Gasteiger partial charge in [0, 0.05) is 22.5 Å². The molecule has 4 aromatic carbocycles. The second-order valence-corrected chi connectivity index (χ2v) is 10.0. The lowest BCUT2D eigenvalue weighted by Gasteiger charge is -2.40. The summed E-state index contributed by atoms with van der Waals surface area (Å²) in [7, 11) is 0. The molecule has 0 aliphatic rings. The van der Waals surface area contributed by atoms with Crippen LogP contribution >= 0.6 is 0 Å². The van der Waals surface area contributed by atoms with E-state index in [1.807, 2.05) is 0 Å². The van der Waals surface area contributed by atoms with E-state index in [0.717, 1.165) is 12.1 Å². The maximum absolute atomic E-state index is 15.4. The number of halogens is 6. The summed E-state index contributed by atoms with van der Waals surface area (Å²) in [6.07, 6.45) is -11.8. The van der Waals surface area contributed by atoms with Gasteiger partial charge < -0.3 is 20.9 Å². The number of hydrogen-bond acceptors (Lipinski definition) is 4. The maximum atomic E-state index is 15.4. The van der Waals surface area contributed by atoms with Crippen LogP contribution in [0.4, 0.5) is 37.7 Å². The molecule has 4 aromatic rings. The number of nitrogen functional groups attached to an aromatic ring is 2. The van der Waals surface area contributed by atoms with Gasteiger partial charge in [0.15, 0.2) is 0 Å². The van der Waals surface area contributed by atoms with Gasteiger partial charge >= 0.3 is 12.4 Å². The van der Waals surface area contributed by atoms with E-state index in [-0.39, 0.29) is 33.8 Å². The highest BCUT2D eigenvalue weighted by Gasteiger charge is 2.74. The fourth-order valence-corrected chi connectivity index (χ4v) is 4.96. The smallest absolute Gasteiger partial charge is 0.411 e. The minimum Gasteiger partial charge on any atom is -0.457 e. The first-order chi connectivity index (χ1) is 19.0. The minimum atomic E-state index is -5.88. The van der Waals surface area contributed by atoms with Gasteiger partial charge in [0.25, 0.3) is 0 Å². The van der Waals surface area contributed by atoms with Gasteiger partial charge in [-0.3, -0.25) is 0 Å². The standard InChI is InChI=1S/C31H28F6N2O2/c1-17-13-19(3)27(40-23-9-5-21(38)6-10-23)25(15-17)29(30(32,33)34,31(35,36)37)26-16-18(2)14-20(4)28(26)41-24-11-7-22(39)8-12-24/h5-16H,38-39H2,1-4H3. The van der Waals surface area contributed by atoms with Gasteiger partial charge in [-0.15, -0.1) is 0 Å². The van der Waals surface area contributed by atoms with Gasteiger partial charge in [0.05, 0.1) is 0 Å². The minimum absolute atomic E-state index is 0.0180. The van der Waals surface area contributed by atoms with Crippen LogP contribution < -0.4 is 20.9 Å². The van der Waals surface area contributed by atoms with Crippen LogP contribution in [0.3, 0.4) is 0 Å². The summed E-state index contributed by atoms with van der Waals surface area (Å²) in [5, 5.41) is 0. The van der Waals surface area contributed by atoms with Gasteiger partial charge in [-0.2, -0.15) is 26.3 Å². The molecule has 0 spiro atoms. The molecule has 0 atom stereocenters. The van der Waals surface area contributed by atoms with Crippen LogP contribution in [-0.2, 0) is 5.41 Å². The van der Waals surface area contributed by atoms with Gasteiger partial charge in [-0.05, 0) is 87.4 Å². The van der Waals surface area contributed by atoms with E-state index in [0.29, 0.717) is 11.4 Å². The first kappa shape index (κ1) is 29.6. The van der Waals surface area contributed by atoms with Crippen molar-refractivity contribution in [1.82, 2.24) is 0 Å². The zero-order chi connectivity index (χ0) is 30.3. The predicted octanol–water partition coefficient (Wildman–Crippen LogP) is 9.08. The number of rotatable bonds is 6. The molecular formula is C31H28F6N2O2. The Kier molecular flexibility index (Phi) is 7.64. The largest absolute Gasteiger partial charge is 0.457 e. The maximum Gasteiger partial charge on any atom is 0.411 e. The first-order valence-corrected chi connectivity index (χ1v) is 12.5. The van der Waals surface area contributed by atoms with Crippen LogP contribution in [0.5, 0.6) is 23.0 Å². The molecule has 0 aromatic heterocycles. The zero-order valence-electron chi connectivity index (χ0n) is 22.7. The van der Waals surface area contributed by atoms with Crippen molar-refractivity contribution in [1.29, 1.82) is 0 Å². The Morgan fingerprint density at radius 3 is 1.12 bits per heavy atom. The van der Waals surface area contributed by atoms with Crippen molar-refractivity contribution in [2.45, 2.75) is 45.5 Å². The second-order valence-electron chi connectivity index (χ2n) is 10.0. The average molecular weight is 575 g/mol. The highest BCUT2D eigenvalue weighted by molar-refractivity contribution is 5.62. The molecule has 4 rings (SSSR count). The van der Waals surface area contributed by atoms with E-state index in [1.165, 1.54) is 88.4 Å². The van der Waals surface area contributed by atoms with E-state index in [4.69, 9.17) is 20.9 Å². The molecule has 0 bridgehead atoms. The van der Waals surface area contributed by atoms with Crippen molar-refractivity contribution in [2.75, 3.05) is 11.5 Å². The topological polar surface area (TPSA) is 70.5 Å². The van der Waals surface area contributed by atoms with Gasteiger partial charge in [0.2, 0.25) is 5.41 Å². The molecule has 216 valence electrons. The molecule has 0 saturated heterocycles. The average Bonchev–Trinajstić information content (AvgIpc) is 2.84. The third-order valence-electron chi connectivity index (χ3n) is 6.70.